The first-order valence-corrected chi connectivity index (χ1v) is 7.76. The van der Waals surface area contributed by atoms with E-state index < -0.39 is 0 Å². The molecular weight excluding hydrogens is 337 g/mol. The predicted octanol–water partition coefficient (Wildman–Crippen LogP) is 3.93. The van der Waals surface area contributed by atoms with Crippen molar-refractivity contribution in [1.29, 1.82) is 0 Å². The molecule has 0 saturated carbocycles. The molecule has 0 aliphatic rings. The summed E-state index contributed by atoms with van der Waals surface area (Å²) in [5, 5.41) is 0. The van der Waals surface area contributed by atoms with Crippen LogP contribution in [0, 0.1) is 3.57 Å². The number of nitrogens with zero attached hydrogens (tertiary/aromatic N) is 1. The van der Waals surface area contributed by atoms with E-state index >= 15 is 0 Å². The van der Waals surface area contributed by atoms with Gasteiger partial charge in [0.25, 0.3) is 0 Å². The van der Waals surface area contributed by atoms with E-state index in [-0.39, 0.29) is 0 Å². The zero-order valence-electron chi connectivity index (χ0n) is 11.7. The monoisotopic (exact) mass is 361 g/mol. The minimum Gasteiger partial charge on any atom is -0.383 e. The highest BCUT2D eigenvalue weighted by atomic mass is 127. The molecule has 0 N–H and O–H groups in total. The standard InChI is InChI=1S/C15H24INO/c1-4-15(5-2)17(10-11-18-3)12-13-6-8-14(16)9-7-13/h6-9,15H,4-5,10-12H2,1-3H3. The Kier molecular flexibility index (Phi) is 7.86. The zero-order valence-corrected chi connectivity index (χ0v) is 13.8. The molecule has 3 heteroatoms. The van der Waals surface area contributed by atoms with Crippen molar-refractivity contribution in [2.45, 2.75) is 39.3 Å². The summed E-state index contributed by atoms with van der Waals surface area (Å²) in [6.07, 6.45) is 2.40. The molecule has 0 bridgehead atoms. The highest BCUT2D eigenvalue weighted by Gasteiger charge is 2.14. The van der Waals surface area contributed by atoms with Crippen molar-refractivity contribution < 1.29 is 4.74 Å². The Morgan fingerprint density at radius 2 is 1.78 bits per heavy atom. The minimum absolute atomic E-state index is 0.652. The molecule has 0 saturated heterocycles. The number of halogens is 1. The van der Waals surface area contributed by atoms with Gasteiger partial charge < -0.3 is 4.74 Å². The van der Waals surface area contributed by atoms with Crippen molar-refractivity contribution in [3.63, 3.8) is 0 Å². The second-order valence-electron chi connectivity index (χ2n) is 4.56. The molecule has 1 aromatic rings. The van der Waals surface area contributed by atoms with E-state index in [9.17, 15) is 0 Å². The number of benzene rings is 1. The first-order valence-electron chi connectivity index (χ1n) is 6.68. The Morgan fingerprint density at radius 1 is 1.17 bits per heavy atom. The van der Waals surface area contributed by atoms with Crippen molar-refractivity contribution in [2.24, 2.45) is 0 Å². The van der Waals surface area contributed by atoms with Crippen molar-refractivity contribution in [1.82, 2.24) is 4.90 Å². The molecule has 0 aromatic heterocycles. The van der Waals surface area contributed by atoms with E-state index in [1.165, 1.54) is 22.0 Å². The van der Waals surface area contributed by atoms with Gasteiger partial charge in [0, 0.05) is 29.8 Å². The molecule has 2 nitrogen and oxygen atoms in total. The summed E-state index contributed by atoms with van der Waals surface area (Å²) >= 11 is 2.35. The molecule has 0 heterocycles. The number of hydrogen-bond donors (Lipinski definition) is 0. The van der Waals surface area contributed by atoms with E-state index in [4.69, 9.17) is 4.74 Å². The lowest BCUT2D eigenvalue weighted by Gasteiger charge is -2.30. The molecule has 0 fully saturated rings. The van der Waals surface area contributed by atoms with Gasteiger partial charge in [-0.15, -0.1) is 0 Å². The van der Waals surface area contributed by atoms with Crippen molar-refractivity contribution >= 4 is 22.6 Å². The average molecular weight is 361 g/mol. The fourth-order valence-electron chi connectivity index (χ4n) is 2.23. The maximum Gasteiger partial charge on any atom is 0.0589 e. The molecule has 1 aromatic carbocycles. The SMILES string of the molecule is CCC(CC)N(CCOC)Cc1ccc(I)cc1. The molecule has 18 heavy (non-hydrogen) atoms. The van der Waals surface area contributed by atoms with Crippen LogP contribution in [-0.4, -0.2) is 31.2 Å². The summed E-state index contributed by atoms with van der Waals surface area (Å²) in [4.78, 5) is 2.53. The summed E-state index contributed by atoms with van der Waals surface area (Å²) in [7, 11) is 1.77. The third-order valence-corrected chi connectivity index (χ3v) is 4.06. The number of rotatable bonds is 8. The largest absolute Gasteiger partial charge is 0.383 e. The molecule has 1 rings (SSSR count). The molecule has 0 spiro atoms. The van der Waals surface area contributed by atoms with Crippen LogP contribution >= 0.6 is 22.6 Å². The van der Waals surface area contributed by atoms with E-state index in [0.717, 1.165) is 19.7 Å². The smallest absolute Gasteiger partial charge is 0.0589 e. The first kappa shape index (κ1) is 15.9. The summed E-state index contributed by atoms with van der Waals surface area (Å²) in [5.74, 6) is 0. The summed E-state index contributed by atoms with van der Waals surface area (Å²) in [6.45, 7) is 7.37. The lowest BCUT2D eigenvalue weighted by Crippen LogP contribution is -2.36. The van der Waals surface area contributed by atoms with Crippen molar-refractivity contribution in [3.05, 3.63) is 33.4 Å². The summed E-state index contributed by atoms with van der Waals surface area (Å²) in [5.41, 5.74) is 1.39. The second-order valence-corrected chi connectivity index (χ2v) is 5.81. The fraction of sp³-hybridized carbons (Fsp3) is 0.600. The molecule has 102 valence electrons. The van der Waals surface area contributed by atoms with Gasteiger partial charge in [-0.25, -0.2) is 0 Å². The molecule has 0 unspecified atom stereocenters. The Bertz CT molecular complexity index is 322. The van der Waals surface area contributed by atoms with Gasteiger partial charge in [-0.2, -0.15) is 0 Å². The van der Waals surface area contributed by atoms with Crippen LogP contribution in [0.1, 0.15) is 32.3 Å². The Labute approximate surface area is 125 Å². The lowest BCUT2D eigenvalue weighted by atomic mass is 10.1. The van der Waals surface area contributed by atoms with Crippen molar-refractivity contribution in [3.8, 4) is 0 Å². The van der Waals surface area contributed by atoms with Gasteiger partial charge in [-0.05, 0) is 53.1 Å². The van der Waals surface area contributed by atoms with Gasteiger partial charge >= 0.3 is 0 Å². The van der Waals surface area contributed by atoms with Gasteiger partial charge in [0.15, 0.2) is 0 Å². The highest BCUT2D eigenvalue weighted by molar-refractivity contribution is 14.1. The number of ether oxygens (including phenoxy) is 1. The maximum absolute atomic E-state index is 5.23. The molecule has 0 aliphatic carbocycles. The molecular formula is C15H24INO. The third kappa shape index (κ3) is 5.24. The van der Waals surface area contributed by atoms with Gasteiger partial charge in [-0.3, -0.25) is 4.90 Å². The number of methoxy groups -OCH3 is 1. The Morgan fingerprint density at radius 3 is 2.28 bits per heavy atom. The van der Waals surface area contributed by atoms with Crippen LogP contribution in [0.25, 0.3) is 0 Å². The van der Waals surface area contributed by atoms with Crippen LogP contribution in [0.3, 0.4) is 0 Å². The molecule has 0 aliphatic heterocycles. The topological polar surface area (TPSA) is 12.5 Å². The second kappa shape index (κ2) is 8.88. The van der Waals surface area contributed by atoms with Crippen LogP contribution in [0.15, 0.2) is 24.3 Å². The first-order chi connectivity index (χ1) is 8.71. The van der Waals surface area contributed by atoms with E-state index in [1.807, 2.05) is 0 Å². The van der Waals surface area contributed by atoms with Crippen molar-refractivity contribution in [2.75, 3.05) is 20.3 Å². The average Bonchev–Trinajstić information content (AvgIpc) is 2.39. The third-order valence-electron chi connectivity index (χ3n) is 3.34. The summed E-state index contributed by atoms with van der Waals surface area (Å²) < 4.78 is 6.52. The van der Waals surface area contributed by atoms with Gasteiger partial charge in [0.1, 0.15) is 0 Å². The van der Waals surface area contributed by atoms with Crippen LogP contribution in [0.4, 0.5) is 0 Å². The van der Waals surface area contributed by atoms with Crippen LogP contribution in [-0.2, 0) is 11.3 Å². The lowest BCUT2D eigenvalue weighted by molar-refractivity contribution is 0.110. The zero-order chi connectivity index (χ0) is 13.4. The van der Waals surface area contributed by atoms with Gasteiger partial charge in [-0.1, -0.05) is 26.0 Å². The Balaban J connectivity index is 2.67. The number of hydrogen-bond acceptors (Lipinski definition) is 2. The highest BCUT2D eigenvalue weighted by Crippen LogP contribution is 2.14. The predicted molar refractivity (Wildman–Crippen MR) is 85.8 cm³/mol. The fourth-order valence-corrected chi connectivity index (χ4v) is 2.59. The van der Waals surface area contributed by atoms with Crippen LogP contribution in [0.5, 0.6) is 0 Å². The maximum atomic E-state index is 5.23. The van der Waals surface area contributed by atoms with Crippen LogP contribution < -0.4 is 0 Å². The molecule has 0 atom stereocenters. The van der Waals surface area contributed by atoms with E-state index in [0.29, 0.717) is 6.04 Å². The summed E-state index contributed by atoms with van der Waals surface area (Å²) in [6, 6.07) is 9.46. The quantitative estimate of drug-likeness (QED) is 0.651. The minimum atomic E-state index is 0.652. The molecule has 0 amide bonds. The van der Waals surface area contributed by atoms with Crippen LogP contribution in [0.2, 0.25) is 0 Å². The van der Waals surface area contributed by atoms with E-state index in [1.54, 1.807) is 7.11 Å². The Hall–Kier alpha value is -0.130. The van der Waals surface area contributed by atoms with Gasteiger partial charge in [0.2, 0.25) is 0 Å². The van der Waals surface area contributed by atoms with E-state index in [2.05, 4.69) is 65.6 Å². The normalized spacial score (nSPS) is 11.4. The molecule has 0 radical (unpaired) electrons. The van der Waals surface area contributed by atoms with Gasteiger partial charge in [0.05, 0.1) is 6.61 Å².